The number of methoxy groups -OCH3 is 1. The Labute approximate surface area is 215 Å². The summed E-state index contributed by atoms with van der Waals surface area (Å²) in [6.45, 7) is 3.08. The molecule has 0 spiro atoms. The van der Waals surface area contributed by atoms with Crippen LogP contribution in [0.5, 0.6) is 5.75 Å². The number of hydrogen-bond acceptors (Lipinski definition) is 10. The average Bonchev–Trinajstić information content (AvgIpc) is 2.85. The molecule has 0 aromatic heterocycles. The molecule has 0 aliphatic carbocycles. The molecule has 2 aromatic rings. The predicted molar refractivity (Wildman–Crippen MR) is 130 cm³/mol. The average molecular weight is 547 g/mol. The van der Waals surface area contributed by atoms with Gasteiger partial charge in [0.2, 0.25) is 5.79 Å². The third-order valence-corrected chi connectivity index (χ3v) is 7.11. The van der Waals surface area contributed by atoms with Gasteiger partial charge in [-0.2, -0.15) is 8.42 Å². The second kappa shape index (κ2) is 12.2. The fourth-order valence-corrected chi connectivity index (χ4v) is 4.84. The van der Waals surface area contributed by atoms with Crippen LogP contribution in [0, 0.1) is 0 Å². The van der Waals surface area contributed by atoms with E-state index >= 15 is 0 Å². The number of halogens is 1. The summed E-state index contributed by atoms with van der Waals surface area (Å²) in [7, 11) is -3.10. The van der Waals surface area contributed by atoms with E-state index in [9.17, 15) is 23.7 Å². The van der Waals surface area contributed by atoms with Crippen LogP contribution >= 0.6 is 11.6 Å². The molecule has 1 fully saturated rings. The van der Waals surface area contributed by atoms with Gasteiger partial charge in [0.25, 0.3) is 0 Å². The second-order valence-corrected chi connectivity index (χ2v) is 9.81. The van der Waals surface area contributed by atoms with E-state index in [0.717, 1.165) is 11.3 Å². The standard InChI is InChI=1S/C24H31ClO10S/c1-4-32-18-9-6-15(7-10-18)12-16-13-17(8-11-19(16)25)24(31-3)23(28)22(27)21(26)20(35-24)14-34-36(29,30)33-5-2/h6-11,13,20-23,26-28H,4-5,12,14H2,1-3H3/t20-,21-,22+,23-,24+/m1/s1. The van der Waals surface area contributed by atoms with E-state index < -0.39 is 47.2 Å². The van der Waals surface area contributed by atoms with Crippen LogP contribution in [0.3, 0.4) is 0 Å². The van der Waals surface area contributed by atoms with Crippen LogP contribution in [0.25, 0.3) is 0 Å². The van der Waals surface area contributed by atoms with Gasteiger partial charge in [0.05, 0.1) is 19.8 Å². The Balaban J connectivity index is 1.90. The van der Waals surface area contributed by atoms with E-state index in [0.29, 0.717) is 29.2 Å². The summed E-state index contributed by atoms with van der Waals surface area (Å²) in [5, 5.41) is 32.3. The predicted octanol–water partition coefficient (Wildman–Crippen LogP) is 1.91. The first kappa shape index (κ1) is 28.8. The minimum atomic E-state index is -4.35. The first-order valence-electron chi connectivity index (χ1n) is 11.4. The van der Waals surface area contributed by atoms with Crippen LogP contribution in [0.1, 0.15) is 30.5 Å². The summed E-state index contributed by atoms with van der Waals surface area (Å²) >= 11 is 6.44. The summed E-state index contributed by atoms with van der Waals surface area (Å²) < 4.78 is 49.8. The number of aliphatic hydroxyl groups excluding tert-OH is 3. The van der Waals surface area contributed by atoms with Crippen molar-refractivity contribution >= 4 is 22.0 Å². The highest BCUT2D eigenvalue weighted by Crippen LogP contribution is 2.40. The molecule has 3 rings (SSSR count). The molecule has 0 saturated carbocycles. The zero-order chi connectivity index (χ0) is 26.5. The minimum absolute atomic E-state index is 0.151. The van der Waals surface area contributed by atoms with E-state index in [1.54, 1.807) is 18.2 Å². The minimum Gasteiger partial charge on any atom is -0.494 e. The highest BCUT2D eigenvalue weighted by molar-refractivity contribution is 7.81. The number of rotatable bonds is 11. The van der Waals surface area contributed by atoms with Crippen LogP contribution in [0.2, 0.25) is 5.02 Å². The molecular formula is C24H31ClO10S. The zero-order valence-electron chi connectivity index (χ0n) is 20.2. The summed E-state index contributed by atoms with van der Waals surface area (Å²) in [5.41, 5.74) is 1.92. The highest BCUT2D eigenvalue weighted by Gasteiger charge is 2.55. The molecule has 3 N–H and O–H groups in total. The molecule has 12 heteroatoms. The van der Waals surface area contributed by atoms with Gasteiger partial charge in [-0.1, -0.05) is 29.8 Å². The van der Waals surface area contributed by atoms with E-state index in [1.165, 1.54) is 14.0 Å². The molecule has 0 radical (unpaired) electrons. The van der Waals surface area contributed by atoms with Crippen molar-refractivity contribution in [1.82, 2.24) is 0 Å². The quantitative estimate of drug-likeness (QED) is 0.382. The van der Waals surface area contributed by atoms with Crippen LogP contribution in [-0.4, -0.2) is 75.1 Å². The summed E-state index contributed by atoms with van der Waals surface area (Å²) in [6, 6.07) is 12.3. The van der Waals surface area contributed by atoms with E-state index in [4.69, 9.17) is 30.0 Å². The lowest BCUT2D eigenvalue weighted by Crippen LogP contribution is -2.64. The summed E-state index contributed by atoms with van der Waals surface area (Å²) in [5.74, 6) is -1.22. The fourth-order valence-electron chi connectivity index (χ4n) is 4.00. The first-order chi connectivity index (χ1) is 17.1. The molecule has 36 heavy (non-hydrogen) atoms. The smallest absolute Gasteiger partial charge is 0.399 e. The maximum atomic E-state index is 11.8. The van der Waals surface area contributed by atoms with Crippen molar-refractivity contribution in [1.29, 1.82) is 0 Å². The van der Waals surface area contributed by atoms with Crippen molar-refractivity contribution in [2.75, 3.05) is 26.9 Å². The molecule has 1 heterocycles. The molecule has 5 atom stereocenters. The topological polar surface area (TPSA) is 141 Å². The number of ether oxygens (including phenoxy) is 3. The normalized spacial score (nSPS) is 26.6. The molecule has 0 amide bonds. The van der Waals surface area contributed by atoms with Gasteiger partial charge in [0, 0.05) is 17.7 Å². The third kappa shape index (κ3) is 6.36. The van der Waals surface area contributed by atoms with E-state index in [-0.39, 0.29) is 6.61 Å². The maximum Gasteiger partial charge on any atom is 0.399 e. The highest BCUT2D eigenvalue weighted by atomic mass is 35.5. The van der Waals surface area contributed by atoms with Crippen LogP contribution in [0.15, 0.2) is 42.5 Å². The van der Waals surface area contributed by atoms with Gasteiger partial charge < -0.3 is 29.5 Å². The third-order valence-electron chi connectivity index (χ3n) is 5.79. The van der Waals surface area contributed by atoms with E-state index in [1.807, 2.05) is 31.2 Å². The fraction of sp³-hybridized carbons (Fsp3) is 0.500. The Morgan fingerprint density at radius 1 is 1.00 bits per heavy atom. The van der Waals surface area contributed by atoms with Crippen LogP contribution < -0.4 is 4.74 Å². The number of aliphatic hydroxyl groups is 3. The molecule has 2 aromatic carbocycles. The molecule has 0 unspecified atom stereocenters. The lowest BCUT2D eigenvalue weighted by molar-refractivity contribution is -0.365. The monoisotopic (exact) mass is 546 g/mol. The van der Waals surface area contributed by atoms with Crippen molar-refractivity contribution in [2.45, 2.75) is 50.5 Å². The summed E-state index contributed by atoms with van der Waals surface area (Å²) in [4.78, 5) is 0. The Morgan fingerprint density at radius 2 is 1.69 bits per heavy atom. The zero-order valence-corrected chi connectivity index (χ0v) is 21.7. The maximum absolute atomic E-state index is 11.8. The van der Waals surface area contributed by atoms with Crippen molar-refractivity contribution < 1.29 is 46.3 Å². The Morgan fingerprint density at radius 3 is 2.31 bits per heavy atom. The van der Waals surface area contributed by atoms with Crippen molar-refractivity contribution in [2.24, 2.45) is 0 Å². The van der Waals surface area contributed by atoms with Crippen molar-refractivity contribution in [3.8, 4) is 5.75 Å². The number of benzene rings is 2. The van der Waals surface area contributed by atoms with Crippen LogP contribution in [-0.2, 0) is 40.4 Å². The number of hydrogen-bond donors (Lipinski definition) is 3. The molecule has 1 aliphatic heterocycles. The van der Waals surface area contributed by atoms with Gasteiger partial charge in [0.1, 0.15) is 30.2 Å². The SMILES string of the molecule is CCOc1ccc(Cc2cc([C@]3(OC)O[C@H](COS(=O)(=O)OCC)[C@@H](O)[C@H](O)[C@H]3O)ccc2Cl)cc1. The second-order valence-electron chi connectivity index (χ2n) is 8.11. The first-order valence-corrected chi connectivity index (χ1v) is 13.1. The van der Waals surface area contributed by atoms with Gasteiger partial charge >= 0.3 is 10.4 Å². The van der Waals surface area contributed by atoms with Gasteiger partial charge in [-0.05, 0) is 55.7 Å². The molecule has 1 aliphatic rings. The Kier molecular flexibility index (Phi) is 9.72. The van der Waals surface area contributed by atoms with Gasteiger partial charge in [-0.3, -0.25) is 0 Å². The molecule has 10 nitrogen and oxygen atoms in total. The molecule has 1 saturated heterocycles. The molecule has 200 valence electrons. The van der Waals surface area contributed by atoms with Gasteiger partial charge in [-0.15, -0.1) is 0 Å². The Hall–Kier alpha value is -1.80. The molecule has 0 bridgehead atoms. The summed E-state index contributed by atoms with van der Waals surface area (Å²) in [6.07, 6.45) is -6.09. The van der Waals surface area contributed by atoms with Crippen LogP contribution in [0.4, 0.5) is 0 Å². The lowest BCUT2D eigenvalue weighted by Gasteiger charge is -2.47. The largest absolute Gasteiger partial charge is 0.494 e. The lowest BCUT2D eigenvalue weighted by atomic mass is 9.87. The Bertz CT molecular complexity index is 1110. The van der Waals surface area contributed by atoms with Gasteiger partial charge in [-0.25, -0.2) is 8.37 Å². The van der Waals surface area contributed by atoms with Crippen molar-refractivity contribution in [3.63, 3.8) is 0 Å². The van der Waals surface area contributed by atoms with Crippen molar-refractivity contribution in [3.05, 3.63) is 64.2 Å². The van der Waals surface area contributed by atoms with Gasteiger partial charge in [0.15, 0.2) is 0 Å². The molecular weight excluding hydrogens is 516 g/mol. The van der Waals surface area contributed by atoms with E-state index in [2.05, 4.69) is 4.18 Å².